The van der Waals surface area contributed by atoms with Crippen molar-refractivity contribution in [1.82, 2.24) is 4.31 Å². The van der Waals surface area contributed by atoms with Crippen LogP contribution in [0.3, 0.4) is 0 Å². The highest BCUT2D eigenvalue weighted by Gasteiger charge is 2.24. The van der Waals surface area contributed by atoms with Crippen molar-refractivity contribution >= 4 is 43.0 Å². The molecule has 0 bridgehead atoms. The minimum Gasteiger partial charge on any atom is -0.384 e. The van der Waals surface area contributed by atoms with Crippen LogP contribution in [0.15, 0.2) is 52.3 Å². The highest BCUT2D eigenvalue weighted by atomic mass is 35.5. The van der Waals surface area contributed by atoms with Crippen LogP contribution in [0.4, 0.5) is 11.4 Å². The van der Waals surface area contributed by atoms with Gasteiger partial charge in [0.15, 0.2) is 0 Å². The maximum Gasteiger partial charge on any atom is 0.261 e. The third-order valence-electron chi connectivity index (χ3n) is 4.07. The standard InChI is InChI=1S/C18H24ClN3O4S2/c1-4-20-17-12-11-16(28(25,26)22(5-2)6-3)13-18(17)21-27(23,24)15-9-7-14(19)8-10-15/h7-13,20-21H,4-6H2,1-3H3. The molecule has 0 radical (unpaired) electrons. The fourth-order valence-electron chi connectivity index (χ4n) is 2.64. The SMILES string of the molecule is CCNc1ccc(S(=O)(=O)N(CC)CC)cc1NS(=O)(=O)c1ccc(Cl)cc1. The number of nitrogens with one attached hydrogen (secondary N) is 2. The molecule has 0 aliphatic heterocycles. The summed E-state index contributed by atoms with van der Waals surface area (Å²) < 4.78 is 54.9. The first kappa shape index (κ1) is 22.5. The van der Waals surface area contributed by atoms with Gasteiger partial charge in [-0.1, -0.05) is 25.4 Å². The molecule has 0 saturated carbocycles. The highest BCUT2D eigenvalue weighted by molar-refractivity contribution is 7.92. The van der Waals surface area contributed by atoms with E-state index in [0.29, 0.717) is 30.3 Å². The number of rotatable bonds is 9. The molecular formula is C18H24ClN3O4S2. The van der Waals surface area contributed by atoms with Crippen molar-refractivity contribution < 1.29 is 16.8 Å². The van der Waals surface area contributed by atoms with Gasteiger partial charge in [0.1, 0.15) is 0 Å². The number of halogens is 1. The molecule has 0 amide bonds. The number of hydrogen-bond donors (Lipinski definition) is 2. The van der Waals surface area contributed by atoms with E-state index in [4.69, 9.17) is 11.6 Å². The number of nitrogens with zero attached hydrogens (tertiary/aromatic N) is 1. The van der Waals surface area contributed by atoms with E-state index in [-0.39, 0.29) is 15.5 Å². The van der Waals surface area contributed by atoms with Crippen LogP contribution in [0, 0.1) is 0 Å². The predicted molar refractivity (Wildman–Crippen MR) is 113 cm³/mol. The minimum atomic E-state index is -3.92. The molecule has 2 rings (SSSR count). The number of sulfonamides is 2. The molecule has 0 atom stereocenters. The monoisotopic (exact) mass is 445 g/mol. The molecule has 10 heteroatoms. The second kappa shape index (κ2) is 9.13. The van der Waals surface area contributed by atoms with Crippen molar-refractivity contribution in [2.75, 3.05) is 29.7 Å². The van der Waals surface area contributed by atoms with E-state index in [9.17, 15) is 16.8 Å². The molecule has 0 fully saturated rings. The smallest absolute Gasteiger partial charge is 0.261 e. The van der Waals surface area contributed by atoms with Crippen LogP contribution in [-0.2, 0) is 20.0 Å². The summed E-state index contributed by atoms with van der Waals surface area (Å²) >= 11 is 5.82. The van der Waals surface area contributed by atoms with Gasteiger partial charge in [-0.2, -0.15) is 4.31 Å². The van der Waals surface area contributed by atoms with Gasteiger partial charge in [-0.3, -0.25) is 4.72 Å². The Morgan fingerprint density at radius 1 is 0.857 bits per heavy atom. The number of anilines is 2. The van der Waals surface area contributed by atoms with Gasteiger partial charge in [-0.15, -0.1) is 0 Å². The summed E-state index contributed by atoms with van der Waals surface area (Å²) in [6.45, 7) is 6.53. The molecular weight excluding hydrogens is 422 g/mol. The summed E-state index contributed by atoms with van der Waals surface area (Å²) in [7, 11) is -7.65. The van der Waals surface area contributed by atoms with Crippen LogP contribution in [-0.4, -0.2) is 40.8 Å². The quantitative estimate of drug-likeness (QED) is 0.614. The van der Waals surface area contributed by atoms with E-state index in [1.54, 1.807) is 19.9 Å². The normalized spacial score (nSPS) is 12.2. The molecule has 0 aliphatic carbocycles. The molecule has 28 heavy (non-hydrogen) atoms. The van der Waals surface area contributed by atoms with Gasteiger partial charge < -0.3 is 5.32 Å². The molecule has 2 N–H and O–H groups in total. The fraction of sp³-hybridized carbons (Fsp3) is 0.333. The summed E-state index contributed by atoms with van der Waals surface area (Å²) in [6.07, 6.45) is 0. The molecule has 0 aromatic heterocycles. The Kier molecular flexibility index (Phi) is 7.33. The van der Waals surface area contributed by atoms with Crippen molar-refractivity contribution in [1.29, 1.82) is 0 Å². The van der Waals surface area contributed by atoms with Gasteiger partial charge in [0.05, 0.1) is 21.2 Å². The summed E-state index contributed by atoms with van der Waals surface area (Å²) in [6, 6.07) is 10.1. The van der Waals surface area contributed by atoms with Gasteiger partial charge in [0, 0.05) is 24.7 Å². The molecule has 2 aromatic rings. The lowest BCUT2D eigenvalue weighted by Crippen LogP contribution is -2.30. The molecule has 0 saturated heterocycles. The summed E-state index contributed by atoms with van der Waals surface area (Å²) in [5, 5.41) is 3.45. The van der Waals surface area contributed by atoms with Crippen LogP contribution in [0.1, 0.15) is 20.8 Å². The van der Waals surface area contributed by atoms with E-state index >= 15 is 0 Å². The van der Waals surface area contributed by atoms with Crippen LogP contribution in [0.5, 0.6) is 0 Å². The van der Waals surface area contributed by atoms with E-state index in [0.717, 1.165) is 0 Å². The molecule has 2 aromatic carbocycles. The third-order valence-corrected chi connectivity index (χ3v) is 7.75. The van der Waals surface area contributed by atoms with Crippen molar-refractivity contribution in [2.24, 2.45) is 0 Å². The summed E-state index contributed by atoms with van der Waals surface area (Å²) in [5.74, 6) is 0. The van der Waals surface area contributed by atoms with Crippen LogP contribution in [0.2, 0.25) is 5.02 Å². The van der Waals surface area contributed by atoms with Crippen molar-refractivity contribution in [2.45, 2.75) is 30.6 Å². The van der Waals surface area contributed by atoms with E-state index in [1.807, 2.05) is 6.92 Å². The van der Waals surface area contributed by atoms with Crippen LogP contribution in [0.25, 0.3) is 0 Å². The Morgan fingerprint density at radius 2 is 1.43 bits per heavy atom. The number of benzene rings is 2. The predicted octanol–water partition coefficient (Wildman–Crippen LogP) is 3.60. The minimum absolute atomic E-state index is 0.0201. The zero-order valence-corrected chi connectivity index (χ0v) is 18.3. The maximum absolute atomic E-state index is 12.8. The average molecular weight is 446 g/mol. The Labute approximate surface area is 171 Å². The molecule has 154 valence electrons. The maximum atomic E-state index is 12.8. The topological polar surface area (TPSA) is 95.6 Å². The summed E-state index contributed by atoms with van der Waals surface area (Å²) in [5.41, 5.74) is 0.642. The molecule has 0 aliphatic rings. The van der Waals surface area contributed by atoms with Crippen molar-refractivity contribution in [3.63, 3.8) is 0 Å². The van der Waals surface area contributed by atoms with Crippen molar-refractivity contribution in [3.8, 4) is 0 Å². The second-order valence-corrected chi connectivity index (χ2v) is 9.94. The first-order valence-corrected chi connectivity index (χ1v) is 12.1. The molecule has 0 heterocycles. The summed E-state index contributed by atoms with van der Waals surface area (Å²) in [4.78, 5) is 0.0445. The Hall–Kier alpha value is -1.81. The van der Waals surface area contributed by atoms with E-state index < -0.39 is 20.0 Å². The second-order valence-electron chi connectivity index (χ2n) is 5.89. The fourth-order valence-corrected chi connectivity index (χ4v) is 5.32. The van der Waals surface area contributed by atoms with E-state index in [2.05, 4.69) is 10.0 Å². The molecule has 7 nitrogen and oxygen atoms in total. The lowest BCUT2D eigenvalue weighted by molar-refractivity contribution is 0.445. The Morgan fingerprint density at radius 3 is 1.96 bits per heavy atom. The molecule has 0 spiro atoms. The van der Waals surface area contributed by atoms with Crippen LogP contribution < -0.4 is 10.0 Å². The third kappa shape index (κ3) is 4.96. The van der Waals surface area contributed by atoms with Gasteiger partial charge >= 0.3 is 0 Å². The zero-order chi connectivity index (χ0) is 20.9. The van der Waals surface area contributed by atoms with Gasteiger partial charge in [-0.25, -0.2) is 16.8 Å². The Bertz CT molecular complexity index is 1020. The zero-order valence-electron chi connectivity index (χ0n) is 15.9. The average Bonchev–Trinajstić information content (AvgIpc) is 2.64. The van der Waals surface area contributed by atoms with E-state index in [1.165, 1.54) is 40.7 Å². The van der Waals surface area contributed by atoms with Gasteiger partial charge in [-0.05, 0) is 49.4 Å². The first-order valence-electron chi connectivity index (χ1n) is 8.82. The number of hydrogen-bond acceptors (Lipinski definition) is 5. The first-order chi connectivity index (χ1) is 13.2. The van der Waals surface area contributed by atoms with Crippen LogP contribution >= 0.6 is 11.6 Å². The van der Waals surface area contributed by atoms with Gasteiger partial charge in [0.25, 0.3) is 10.0 Å². The largest absolute Gasteiger partial charge is 0.384 e. The highest BCUT2D eigenvalue weighted by Crippen LogP contribution is 2.29. The Balaban J connectivity index is 2.51. The van der Waals surface area contributed by atoms with Crippen molar-refractivity contribution in [3.05, 3.63) is 47.5 Å². The molecule has 0 unspecified atom stereocenters. The lowest BCUT2D eigenvalue weighted by Gasteiger charge is -2.20. The lowest BCUT2D eigenvalue weighted by atomic mass is 10.2. The van der Waals surface area contributed by atoms with Gasteiger partial charge in [0.2, 0.25) is 10.0 Å².